The summed E-state index contributed by atoms with van der Waals surface area (Å²) in [6.45, 7) is 2.94. The minimum atomic E-state index is 0.139. The molecular formula is C20H25N3O. The number of benzene rings is 1. The second-order valence-electron chi connectivity index (χ2n) is 6.31. The van der Waals surface area contributed by atoms with E-state index in [9.17, 15) is 4.79 Å². The number of pyridine rings is 1. The van der Waals surface area contributed by atoms with Crippen molar-refractivity contribution in [2.45, 2.75) is 39.0 Å². The maximum Gasteiger partial charge on any atom is 0.227 e. The summed E-state index contributed by atoms with van der Waals surface area (Å²) >= 11 is 0. The molecule has 1 fully saturated rings. The fourth-order valence-corrected chi connectivity index (χ4v) is 3.31. The van der Waals surface area contributed by atoms with Crippen LogP contribution in [-0.4, -0.2) is 17.4 Å². The molecule has 126 valence electrons. The zero-order valence-electron chi connectivity index (χ0n) is 14.2. The molecule has 3 rings (SSSR count). The Hall–Kier alpha value is -2.36. The highest BCUT2D eigenvalue weighted by Crippen LogP contribution is 2.26. The molecule has 1 heterocycles. The van der Waals surface area contributed by atoms with Gasteiger partial charge in [0.15, 0.2) is 0 Å². The maximum absolute atomic E-state index is 12.3. The van der Waals surface area contributed by atoms with E-state index in [-0.39, 0.29) is 11.8 Å². The van der Waals surface area contributed by atoms with Crippen molar-refractivity contribution in [1.29, 1.82) is 0 Å². The molecule has 1 N–H and O–H groups in total. The molecule has 0 radical (unpaired) electrons. The van der Waals surface area contributed by atoms with Crippen LogP contribution in [0.3, 0.4) is 0 Å². The zero-order valence-corrected chi connectivity index (χ0v) is 14.2. The van der Waals surface area contributed by atoms with Crippen molar-refractivity contribution in [1.82, 2.24) is 4.98 Å². The lowest BCUT2D eigenvalue weighted by Crippen LogP contribution is -2.24. The summed E-state index contributed by atoms with van der Waals surface area (Å²) in [5.74, 6) is 1.19. The number of hydrogen-bond donors (Lipinski definition) is 1. The minimum Gasteiger partial charge on any atom is -0.327 e. The Labute approximate surface area is 143 Å². The molecule has 0 unspecified atom stereocenters. The Bertz CT molecular complexity index is 648. The molecule has 2 aromatic rings. The number of para-hydroxylation sites is 1. The molecule has 0 aliphatic heterocycles. The lowest BCUT2D eigenvalue weighted by atomic mass is 9.88. The van der Waals surface area contributed by atoms with Gasteiger partial charge in [-0.1, -0.05) is 37.5 Å². The van der Waals surface area contributed by atoms with Gasteiger partial charge in [0, 0.05) is 18.2 Å². The van der Waals surface area contributed by atoms with Crippen LogP contribution < -0.4 is 10.2 Å². The normalized spacial score (nSPS) is 15.0. The predicted molar refractivity (Wildman–Crippen MR) is 98.6 cm³/mol. The van der Waals surface area contributed by atoms with Crippen molar-refractivity contribution in [3.63, 3.8) is 0 Å². The van der Waals surface area contributed by atoms with Crippen LogP contribution in [0.2, 0.25) is 0 Å². The van der Waals surface area contributed by atoms with E-state index in [1.807, 2.05) is 30.3 Å². The van der Waals surface area contributed by atoms with Gasteiger partial charge >= 0.3 is 0 Å². The van der Waals surface area contributed by atoms with E-state index in [0.29, 0.717) is 0 Å². The second kappa shape index (κ2) is 7.95. The first-order valence-corrected chi connectivity index (χ1v) is 8.87. The molecule has 1 aromatic carbocycles. The summed E-state index contributed by atoms with van der Waals surface area (Å²) in [4.78, 5) is 19.0. The van der Waals surface area contributed by atoms with Crippen LogP contribution >= 0.6 is 0 Å². The number of amides is 1. The lowest BCUT2D eigenvalue weighted by molar-refractivity contribution is -0.120. The van der Waals surface area contributed by atoms with Gasteiger partial charge in [0.1, 0.15) is 5.82 Å². The van der Waals surface area contributed by atoms with Gasteiger partial charge in [-0.05, 0) is 44.0 Å². The quantitative estimate of drug-likeness (QED) is 0.863. The van der Waals surface area contributed by atoms with Gasteiger partial charge in [0.2, 0.25) is 5.91 Å². The fraction of sp³-hybridized carbons (Fsp3) is 0.400. The first-order chi connectivity index (χ1) is 11.8. The fourth-order valence-electron chi connectivity index (χ4n) is 3.31. The molecular weight excluding hydrogens is 298 g/mol. The number of anilines is 3. The van der Waals surface area contributed by atoms with Crippen LogP contribution in [0.15, 0.2) is 48.7 Å². The van der Waals surface area contributed by atoms with E-state index in [1.54, 1.807) is 6.20 Å². The lowest BCUT2D eigenvalue weighted by Gasteiger charge is -2.23. The van der Waals surface area contributed by atoms with Gasteiger partial charge in [-0.15, -0.1) is 0 Å². The zero-order chi connectivity index (χ0) is 16.8. The number of hydrogen-bond acceptors (Lipinski definition) is 3. The van der Waals surface area contributed by atoms with E-state index < -0.39 is 0 Å². The Balaban J connectivity index is 1.67. The van der Waals surface area contributed by atoms with Crippen LogP contribution in [0.25, 0.3) is 0 Å². The first kappa shape index (κ1) is 16.5. The van der Waals surface area contributed by atoms with Crippen LogP contribution in [-0.2, 0) is 4.79 Å². The minimum absolute atomic E-state index is 0.139. The molecule has 1 saturated carbocycles. The molecule has 0 spiro atoms. The summed E-state index contributed by atoms with van der Waals surface area (Å²) in [5.41, 5.74) is 1.89. The van der Waals surface area contributed by atoms with Crippen molar-refractivity contribution in [2.24, 2.45) is 5.92 Å². The summed E-state index contributed by atoms with van der Waals surface area (Å²) in [7, 11) is 0. The Morgan fingerprint density at radius 2 is 1.88 bits per heavy atom. The average Bonchev–Trinajstić information content (AvgIpc) is 2.65. The molecule has 0 atom stereocenters. The molecule has 4 nitrogen and oxygen atoms in total. The van der Waals surface area contributed by atoms with Crippen LogP contribution in [0.4, 0.5) is 17.2 Å². The summed E-state index contributed by atoms with van der Waals surface area (Å²) in [6, 6.07) is 14.1. The third-order valence-electron chi connectivity index (χ3n) is 4.65. The number of rotatable bonds is 5. The Morgan fingerprint density at radius 3 is 2.50 bits per heavy atom. The van der Waals surface area contributed by atoms with E-state index in [0.717, 1.165) is 49.4 Å². The molecule has 1 amide bonds. The molecule has 1 aromatic heterocycles. The van der Waals surface area contributed by atoms with Gasteiger partial charge < -0.3 is 10.2 Å². The van der Waals surface area contributed by atoms with Crippen molar-refractivity contribution in [2.75, 3.05) is 16.8 Å². The van der Waals surface area contributed by atoms with Gasteiger partial charge in [0.05, 0.1) is 11.9 Å². The standard InChI is InChI=1S/C20H25N3O/c1-2-23(18-11-7-4-8-12-18)19-14-13-17(15-21-19)22-20(24)16-9-5-3-6-10-16/h4,7-8,11-16H,2-3,5-6,9-10H2,1H3,(H,22,24). The smallest absolute Gasteiger partial charge is 0.227 e. The van der Waals surface area contributed by atoms with E-state index in [2.05, 4.69) is 34.3 Å². The molecule has 0 bridgehead atoms. The third-order valence-corrected chi connectivity index (χ3v) is 4.65. The topological polar surface area (TPSA) is 45.2 Å². The van der Waals surface area contributed by atoms with Crippen molar-refractivity contribution in [3.05, 3.63) is 48.7 Å². The average molecular weight is 323 g/mol. The Kier molecular flexibility index (Phi) is 5.47. The van der Waals surface area contributed by atoms with Gasteiger partial charge in [-0.2, -0.15) is 0 Å². The molecule has 24 heavy (non-hydrogen) atoms. The van der Waals surface area contributed by atoms with Crippen molar-refractivity contribution in [3.8, 4) is 0 Å². The molecule has 1 aliphatic rings. The molecule has 0 saturated heterocycles. The van der Waals surface area contributed by atoms with Gasteiger partial charge in [-0.25, -0.2) is 4.98 Å². The van der Waals surface area contributed by atoms with E-state index in [4.69, 9.17) is 0 Å². The van der Waals surface area contributed by atoms with Crippen molar-refractivity contribution >= 4 is 23.1 Å². The highest BCUT2D eigenvalue weighted by Gasteiger charge is 2.21. The number of carbonyl (C=O) groups is 1. The van der Waals surface area contributed by atoms with Crippen LogP contribution in [0, 0.1) is 5.92 Å². The van der Waals surface area contributed by atoms with Gasteiger partial charge in [-0.3, -0.25) is 4.79 Å². The molecule has 4 heteroatoms. The number of nitrogens with one attached hydrogen (secondary N) is 1. The summed E-state index contributed by atoms with van der Waals surface area (Å²) < 4.78 is 0. The highest BCUT2D eigenvalue weighted by atomic mass is 16.1. The third kappa shape index (κ3) is 3.94. The van der Waals surface area contributed by atoms with E-state index >= 15 is 0 Å². The second-order valence-corrected chi connectivity index (χ2v) is 6.31. The van der Waals surface area contributed by atoms with Crippen molar-refractivity contribution < 1.29 is 4.79 Å². The summed E-state index contributed by atoms with van der Waals surface area (Å²) in [5, 5.41) is 3.02. The van der Waals surface area contributed by atoms with Crippen LogP contribution in [0.1, 0.15) is 39.0 Å². The maximum atomic E-state index is 12.3. The number of carbonyl (C=O) groups excluding carboxylic acids is 1. The predicted octanol–water partition coefficient (Wildman–Crippen LogP) is 4.76. The first-order valence-electron chi connectivity index (χ1n) is 8.87. The van der Waals surface area contributed by atoms with Crippen LogP contribution in [0.5, 0.6) is 0 Å². The summed E-state index contributed by atoms with van der Waals surface area (Å²) in [6.07, 6.45) is 7.35. The van der Waals surface area contributed by atoms with Gasteiger partial charge in [0.25, 0.3) is 0 Å². The Morgan fingerprint density at radius 1 is 1.12 bits per heavy atom. The number of aromatic nitrogens is 1. The molecule has 1 aliphatic carbocycles. The highest BCUT2D eigenvalue weighted by molar-refractivity contribution is 5.92. The SMILES string of the molecule is CCN(c1ccccc1)c1ccc(NC(=O)C2CCCCC2)cn1. The number of nitrogens with zero attached hydrogens (tertiary/aromatic N) is 2. The largest absolute Gasteiger partial charge is 0.327 e. The van der Waals surface area contributed by atoms with E-state index in [1.165, 1.54) is 6.42 Å². The monoisotopic (exact) mass is 323 g/mol.